The van der Waals surface area contributed by atoms with Crippen molar-refractivity contribution in [2.75, 3.05) is 13.1 Å². The molecule has 3 rings (SSSR count). The quantitative estimate of drug-likeness (QED) is 0.667. The number of likely N-dealkylation sites (N-methyl/N-ethyl adjacent to an activating group) is 1. The molecule has 0 saturated heterocycles. The molecule has 0 bridgehead atoms. The minimum Gasteiger partial charge on any atom is -0.480 e. The van der Waals surface area contributed by atoms with Gasteiger partial charge in [0.25, 0.3) is 0 Å². The van der Waals surface area contributed by atoms with Crippen LogP contribution in [-0.4, -0.2) is 47.2 Å². The zero-order valence-electron chi connectivity index (χ0n) is 15.4. The van der Waals surface area contributed by atoms with Crippen LogP contribution in [-0.2, 0) is 4.79 Å². The summed E-state index contributed by atoms with van der Waals surface area (Å²) >= 11 is 0. The molecule has 2 aliphatic carbocycles. The van der Waals surface area contributed by atoms with Gasteiger partial charge >= 0.3 is 12.0 Å². The number of hydrogen-bond donors (Lipinski definition) is 3. The number of rotatable bonds is 8. The van der Waals surface area contributed by atoms with Crippen molar-refractivity contribution in [3.8, 4) is 0 Å². The van der Waals surface area contributed by atoms with E-state index in [9.17, 15) is 9.59 Å². The van der Waals surface area contributed by atoms with Crippen LogP contribution in [0.15, 0.2) is 30.3 Å². The molecule has 0 aliphatic heterocycles. The highest BCUT2D eigenvalue weighted by atomic mass is 16.4. The molecule has 0 radical (unpaired) electrons. The highest BCUT2D eigenvalue weighted by Crippen LogP contribution is 2.37. The molecule has 0 spiro atoms. The standard InChI is InChI=1S/C20H29N3O3/c1-2-23(13-18(24)25)17-11-16(12-17)21-20(26)22-19(15-9-6-10-15)14-7-4-3-5-8-14/h3-5,7-8,15-17,19H,2,6,9-13H2,1H3,(H,24,25)(H2,21,22,26). The Morgan fingerprint density at radius 1 is 1.23 bits per heavy atom. The molecule has 1 aromatic rings. The molecule has 2 aliphatic rings. The maximum absolute atomic E-state index is 12.5. The van der Waals surface area contributed by atoms with Gasteiger partial charge in [-0.05, 0) is 43.7 Å². The Morgan fingerprint density at radius 3 is 2.46 bits per heavy atom. The van der Waals surface area contributed by atoms with Gasteiger partial charge in [0.1, 0.15) is 0 Å². The lowest BCUT2D eigenvalue weighted by Crippen LogP contribution is -2.56. The van der Waals surface area contributed by atoms with E-state index in [-0.39, 0.29) is 30.7 Å². The van der Waals surface area contributed by atoms with Crippen molar-refractivity contribution in [1.29, 1.82) is 0 Å². The molecular formula is C20H29N3O3. The summed E-state index contributed by atoms with van der Waals surface area (Å²) in [4.78, 5) is 25.3. The minimum absolute atomic E-state index is 0.0673. The largest absolute Gasteiger partial charge is 0.480 e. The Bertz CT molecular complexity index is 612. The summed E-state index contributed by atoms with van der Waals surface area (Å²) in [5, 5.41) is 15.2. The second-order valence-electron chi connectivity index (χ2n) is 7.48. The van der Waals surface area contributed by atoms with Gasteiger partial charge in [-0.15, -0.1) is 0 Å². The van der Waals surface area contributed by atoms with Gasteiger partial charge in [-0.3, -0.25) is 9.69 Å². The molecule has 2 fully saturated rings. The van der Waals surface area contributed by atoms with Crippen LogP contribution in [0.1, 0.15) is 50.6 Å². The molecule has 6 nitrogen and oxygen atoms in total. The molecular weight excluding hydrogens is 330 g/mol. The van der Waals surface area contributed by atoms with E-state index < -0.39 is 5.97 Å². The van der Waals surface area contributed by atoms with Gasteiger partial charge in [0, 0.05) is 12.1 Å². The Morgan fingerprint density at radius 2 is 1.92 bits per heavy atom. The van der Waals surface area contributed by atoms with Crippen LogP contribution in [0.3, 0.4) is 0 Å². The molecule has 142 valence electrons. The average Bonchev–Trinajstić information content (AvgIpc) is 2.54. The van der Waals surface area contributed by atoms with E-state index in [2.05, 4.69) is 22.8 Å². The number of aliphatic carboxylic acids is 1. The van der Waals surface area contributed by atoms with Gasteiger partial charge in [0.05, 0.1) is 12.6 Å². The first-order valence-electron chi connectivity index (χ1n) is 9.64. The number of amides is 2. The predicted octanol–water partition coefficient (Wildman–Crippen LogP) is 2.76. The van der Waals surface area contributed by atoms with Crippen molar-refractivity contribution < 1.29 is 14.7 Å². The summed E-state index contributed by atoms with van der Waals surface area (Å²) in [6, 6.07) is 10.5. The fourth-order valence-corrected chi connectivity index (χ4v) is 3.95. The molecule has 0 aromatic heterocycles. The van der Waals surface area contributed by atoms with Gasteiger partial charge in [-0.25, -0.2) is 4.79 Å². The first-order valence-corrected chi connectivity index (χ1v) is 9.64. The molecule has 6 heteroatoms. The summed E-state index contributed by atoms with van der Waals surface area (Å²) in [5.41, 5.74) is 1.16. The SMILES string of the molecule is CCN(CC(=O)O)C1CC(NC(=O)NC(c2ccccc2)C2CCC2)C1. The van der Waals surface area contributed by atoms with Crippen LogP contribution < -0.4 is 10.6 Å². The normalized spacial score (nSPS) is 23.6. The molecule has 1 atom stereocenters. The number of nitrogens with zero attached hydrogens (tertiary/aromatic N) is 1. The summed E-state index contributed by atoms with van der Waals surface area (Å²) in [5.74, 6) is -0.282. The van der Waals surface area contributed by atoms with Crippen molar-refractivity contribution in [1.82, 2.24) is 15.5 Å². The smallest absolute Gasteiger partial charge is 0.317 e. The van der Waals surface area contributed by atoms with E-state index in [1.807, 2.05) is 30.0 Å². The zero-order chi connectivity index (χ0) is 18.5. The number of carboxylic acids is 1. The van der Waals surface area contributed by atoms with E-state index in [4.69, 9.17) is 5.11 Å². The molecule has 0 heterocycles. The number of urea groups is 1. The first-order chi connectivity index (χ1) is 12.6. The summed E-state index contributed by atoms with van der Waals surface area (Å²) in [6.45, 7) is 2.75. The fraction of sp³-hybridized carbons (Fsp3) is 0.600. The number of carbonyl (C=O) groups is 2. The molecule has 1 aromatic carbocycles. The third kappa shape index (κ3) is 4.55. The van der Waals surface area contributed by atoms with E-state index in [0.717, 1.165) is 31.2 Å². The molecule has 26 heavy (non-hydrogen) atoms. The minimum atomic E-state index is -0.799. The highest BCUT2D eigenvalue weighted by Gasteiger charge is 2.36. The van der Waals surface area contributed by atoms with E-state index >= 15 is 0 Å². The van der Waals surface area contributed by atoms with E-state index in [1.54, 1.807) is 0 Å². The average molecular weight is 359 g/mol. The maximum Gasteiger partial charge on any atom is 0.317 e. The van der Waals surface area contributed by atoms with Crippen molar-refractivity contribution in [3.05, 3.63) is 35.9 Å². The van der Waals surface area contributed by atoms with E-state index in [0.29, 0.717) is 12.5 Å². The summed E-state index contributed by atoms with van der Waals surface area (Å²) in [7, 11) is 0. The Balaban J connectivity index is 1.48. The lowest BCUT2D eigenvalue weighted by Gasteiger charge is -2.42. The van der Waals surface area contributed by atoms with Crippen molar-refractivity contribution in [3.63, 3.8) is 0 Å². The fourth-order valence-electron chi connectivity index (χ4n) is 3.95. The highest BCUT2D eigenvalue weighted by molar-refractivity contribution is 5.75. The summed E-state index contributed by atoms with van der Waals surface area (Å²) in [6.07, 6.45) is 5.18. The van der Waals surface area contributed by atoms with Crippen LogP contribution in [0.2, 0.25) is 0 Å². The Labute approximate surface area is 155 Å². The Hall–Kier alpha value is -2.08. The predicted molar refractivity (Wildman–Crippen MR) is 99.9 cm³/mol. The lowest BCUT2D eigenvalue weighted by atomic mass is 9.77. The van der Waals surface area contributed by atoms with Gasteiger partial charge < -0.3 is 15.7 Å². The number of carbonyl (C=O) groups excluding carboxylic acids is 1. The Kier molecular flexibility index (Phi) is 6.14. The second kappa shape index (κ2) is 8.54. The number of carboxylic acid groups (broad SMARTS) is 1. The molecule has 3 N–H and O–H groups in total. The van der Waals surface area contributed by atoms with Crippen LogP contribution in [0.5, 0.6) is 0 Å². The maximum atomic E-state index is 12.5. The van der Waals surface area contributed by atoms with Crippen molar-refractivity contribution in [2.45, 2.75) is 57.2 Å². The van der Waals surface area contributed by atoms with Crippen LogP contribution in [0, 0.1) is 5.92 Å². The third-order valence-corrected chi connectivity index (χ3v) is 5.78. The molecule has 2 saturated carbocycles. The van der Waals surface area contributed by atoms with Crippen molar-refractivity contribution >= 4 is 12.0 Å². The van der Waals surface area contributed by atoms with E-state index in [1.165, 1.54) is 6.42 Å². The zero-order valence-corrected chi connectivity index (χ0v) is 15.4. The topological polar surface area (TPSA) is 81.7 Å². The second-order valence-corrected chi connectivity index (χ2v) is 7.48. The van der Waals surface area contributed by atoms with Gasteiger partial charge in [-0.2, -0.15) is 0 Å². The van der Waals surface area contributed by atoms with Gasteiger partial charge in [0.2, 0.25) is 0 Å². The van der Waals surface area contributed by atoms with Gasteiger partial charge in [-0.1, -0.05) is 43.7 Å². The van der Waals surface area contributed by atoms with Gasteiger partial charge in [0.15, 0.2) is 0 Å². The van der Waals surface area contributed by atoms with Crippen LogP contribution in [0.4, 0.5) is 4.79 Å². The monoisotopic (exact) mass is 359 g/mol. The number of benzene rings is 1. The van der Waals surface area contributed by atoms with Crippen molar-refractivity contribution in [2.24, 2.45) is 5.92 Å². The lowest BCUT2D eigenvalue weighted by molar-refractivity contribution is -0.139. The first kappa shape index (κ1) is 18.7. The molecule has 1 unspecified atom stereocenters. The van der Waals surface area contributed by atoms with Crippen LogP contribution in [0.25, 0.3) is 0 Å². The number of nitrogens with one attached hydrogen (secondary N) is 2. The molecule has 2 amide bonds. The summed E-state index contributed by atoms with van der Waals surface area (Å²) < 4.78 is 0. The van der Waals surface area contributed by atoms with Crippen LogP contribution >= 0.6 is 0 Å². The third-order valence-electron chi connectivity index (χ3n) is 5.78. The number of hydrogen-bond acceptors (Lipinski definition) is 3.